The number of amidine groups is 1. The van der Waals surface area contributed by atoms with Gasteiger partial charge in [-0.05, 0) is 19.4 Å². The van der Waals surface area contributed by atoms with E-state index in [0.717, 1.165) is 35.8 Å². The highest BCUT2D eigenvalue weighted by Gasteiger charge is 2.19. The number of likely N-dealkylation sites (N-methyl/N-ethyl adjacent to an activating group) is 1. The summed E-state index contributed by atoms with van der Waals surface area (Å²) in [4.78, 5) is 6.38. The fourth-order valence-corrected chi connectivity index (χ4v) is 1.83. The van der Waals surface area contributed by atoms with Gasteiger partial charge in [0.1, 0.15) is 0 Å². The lowest BCUT2D eigenvalue weighted by atomic mass is 10.1. The largest absolute Gasteiger partial charge is 0.367 e. The highest BCUT2D eigenvalue weighted by molar-refractivity contribution is 6.19. The summed E-state index contributed by atoms with van der Waals surface area (Å²) in [6.45, 7) is 13.6. The standard InChI is InChI=1S/C13H20N4/c1-6-8-17(7-2)12(10(3)4)11-9-15-16-13(11)14-5/h6,9H,1,3,7-8H2,2,4-5H3,(H,14,16)/b12-11+. The average molecular weight is 232 g/mol. The molecular weight excluding hydrogens is 212 g/mol. The first-order chi connectivity index (χ1) is 8.15. The Morgan fingerprint density at radius 1 is 1.65 bits per heavy atom. The highest BCUT2D eigenvalue weighted by Crippen LogP contribution is 2.19. The molecule has 17 heavy (non-hydrogen) atoms. The Balaban J connectivity index is 3.24. The van der Waals surface area contributed by atoms with Crippen LogP contribution in [0.15, 0.2) is 46.2 Å². The van der Waals surface area contributed by atoms with Crippen molar-refractivity contribution in [3.63, 3.8) is 0 Å². The van der Waals surface area contributed by atoms with Crippen LogP contribution in [0.4, 0.5) is 0 Å². The van der Waals surface area contributed by atoms with Gasteiger partial charge < -0.3 is 4.90 Å². The Bertz CT molecular complexity index is 402. The van der Waals surface area contributed by atoms with E-state index in [-0.39, 0.29) is 0 Å². The van der Waals surface area contributed by atoms with Crippen molar-refractivity contribution < 1.29 is 0 Å². The first kappa shape index (κ1) is 13.2. The van der Waals surface area contributed by atoms with Crippen molar-refractivity contribution in [2.75, 3.05) is 20.1 Å². The van der Waals surface area contributed by atoms with Gasteiger partial charge in [0.25, 0.3) is 0 Å². The van der Waals surface area contributed by atoms with Crippen molar-refractivity contribution in [2.24, 2.45) is 10.1 Å². The number of nitrogens with one attached hydrogen (secondary N) is 1. The minimum Gasteiger partial charge on any atom is -0.367 e. The van der Waals surface area contributed by atoms with E-state index in [1.165, 1.54) is 0 Å². The van der Waals surface area contributed by atoms with Gasteiger partial charge in [-0.25, -0.2) is 0 Å². The molecule has 0 saturated heterocycles. The SMILES string of the molecule is C=CCN(CC)/C(C(=C)C)=C1\C=NNC1=NC. The second-order valence-electron chi connectivity index (χ2n) is 3.81. The van der Waals surface area contributed by atoms with E-state index in [0.29, 0.717) is 0 Å². The molecule has 0 atom stereocenters. The number of hydrazone groups is 1. The Labute approximate surface area is 103 Å². The molecule has 4 heteroatoms. The molecule has 0 saturated carbocycles. The van der Waals surface area contributed by atoms with E-state index in [1.54, 1.807) is 13.3 Å². The fraction of sp³-hybridized carbons (Fsp3) is 0.385. The third-order valence-electron chi connectivity index (χ3n) is 2.55. The van der Waals surface area contributed by atoms with Crippen molar-refractivity contribution in [2.45, 2.75) is 13.8 Å². The lowest BCUT2D eigenvalue weighted by Gasteiger charge is -2.26. The summed E-state index contributed by atoms with van der Waals surface area (Å²) in [5, 5.41) is 4.04. The molecule has 4 nitrogen and oxygen atoms in total. The Morgan fingerprint density at radius 2 is 2.35 bits per heavy atom. The Morgan fingerprint density at radius 3 is 2.82 bits per heavy atom. The monoisotopic (exact) mass is 232 g/mol. The molecule has 1 aliphatic heterocycles. The van der Waals surface area contributed by atoms with Crippen LogP contribution in [0, 0.1) is 0 Å². The molecular formula is C13H20N4. The number of aliphatic imine (C=N–C) groups is 1. The van der Waals surface area contributed by atoms with Gasteiger partial charge in [-0.1, -0.05) is 12.7 Å². The summed E-state index contributed by atoms with van der Waals surface area (Å²) in [6, 6.07) is 0. The van der Waals surface area contributed by atoms with Gasteiger partial charge in [0.2, 0.25) is 0 Å². The van der Waals surface area contributed by atoms with Gasteiger partial charge in [0.15, 0.2) is 5.84 Å². The van der Waals surface area contributed by atoms with Crippen LogP contribution in [0.5, 0.6) is 0 Å². The molecule has 1 rings (SSSR count). The van der Waals surface area contributed by atoms with E-state index in [9.17, 15) is 0 Å². The molecule has 0 aromatic heterocycles. The summed E-state index contributed by atoms with van der Waals surface area (Å²) in [6.07, 6.45) is 3.67. The predicted molar refractivity (Wildman–Crippen MR) is 74.3 cm³/mol. The van der Waals surface area contributed by atoms with Crippen molar-refractivity contribution in [1.29, 1.82) is 0 Å². The zero-order valence-electron chi connectivity index (χ0n) is 10.8. The molecule has 1 N–H and O–H groups in total. The molecule has 92 valence electrons. The molecule has 0 bridgehead atoms. The van der Waals surface area contributed by atoms with Gasteiger partial charge >= 0.3 is 0 Å². The zero-order chi connectivity index (χ0) is 12.8. The third kappa shape index (κ3) is 2.84. The van der Waals surface area contributed by atoms with Gasteiger partial charge in [0, 0.05) is 20.1 Å². The van der Waals surface area contributed by atoms with Crippen molar-refractivity contribution in [3.05, 3.63) is 36.1 Å². The lowest BCUT2D eigenvalue weighted by molar-refractivity contribution is 0.408. The normalized spacial score (nSPS) is 19.1. The quantitative estimate of drug-likeness (QED) is 0.736. The van der Waals surface area contributed by atoms with Gasteiger partial charge in [-0.2, -0.15) is 5.10 Å². The van der Waals surface area contributed by atoms with Crippen LogP contribution in [-0.4, -0.2) is 37.1 Å². The number of hydrogen-bond acceptors (Lipinski definition) is 3. The van der Waals surface area contributed by atoms with Crippen molar-refractivity contribution >= 4 is 12.1 Å². The number of nitrogens with zero attached hydrogens (tertiary/aromatic N) is 3. The molecule has 0 amide bonds. The summed E-state index contributed by atoms with van der Waals surface area (Å²) in [7, 11) is 1.75. The molecule has 0 aromatic carbocycles. The maximum absolute atomic E-state index is 4.18. The maximum atomic E-state index is 4.18. The minimum atomic E-state index is 0.783. The molecule has 0 unspecified atom stereocenters. The van der Waals surface area contributed by atoms with Crippen LogP contribution in [-0.2, 0) is 0 Å². The maximum Gasteiger partial charge on any atom is 0.152 e. The fourth-order valence-electron chi connectivity index (χ4n) is 1.83. The molecule has 0 radical (unpaired) electrons. The van der Waals surface area contributed by atoms with Crippen LogP contribution in [0.1, 0.15) is 13.8 Å². The number of hydrogen-bond donors (Lipinski definition) is 1. The highest BCUT2D eigenvalue weighted by atomic mass is 15.3. The van der Waals surface area contributed by atoms with E-state index in [2.05, 4.69) is 40.5 Å². The third-order valence-corrected chi connectivity index (χ3v) is 2.55. The van der Waals surface area contributed by atoms with E-state index in [4.69, 9.17) is 0 Å². The summed E-state index contributed by atoms with van der Waals surface area (Å²) in [5.41, 5.74) is 5.94. The smallest absolute Gasteiger partial charge is 0.152 e. The number of rotatable bonds is 5. The second-order valence-corrected chi connectivity index (χ2v) is 3.81. The Hall–Kier alpha value is -1.84. The molecule has 1 aliphatic rings. The van der Waals surface area contributed by atoms with Crippen LogP contribution in [0.2, 0.25) is 0 Å². The van der Waals surface area contributed by atoms with Crippen LogP contribution in [0.25, 0.3) is 0 Å². The molecule has 0 aliphatic carbocycles. The molecule has 0 fully saturated rings. The molecule has 1 heterocycles. The topological polar surface area (TPSA) is 40.0 Å². The van der Waals surface area contributed by atoms with Crippen molar-refractivity contribution in [1.82, 2.24) is 10.3 Å². The van der Waals surface area contributed by atoms with Crippen LogP contribution in [0.3, 0.4) is 0 Å². The summed E-state index contributed by atoms with van der Waals surface area (Å²) < 4.78 is 0. The summed E-state index contributed by atoms with van der Waals surface area (Å²) >= 11 is 0. The van der Waals surface area contributed by atoms with E-state index < -0.39 is 0 Å². The van der Waals surface area contributed by atoms with Crippen molar-refractivity contribution in [3.8, 4) is 0 Å². The second kappa shape index (κ2) is 6.03. The minimum absolute atomic E-state index is 0.783. The zero-order valence-corrected chi connectivity index (χ0v) is 10.8. The van der Waals surface area contributed by atoms with Crippen LogP contribution >= 0.6 is 0 Å². The summed E-state index contributed by atoms with van der Waals surface area (Å²) in [5.74, 6) is 0.783. The van der Waals surface area contributed by atoms with Gasteiger partial charge in [-0.15, -0.1) is 6.58 Å². The van der Waals surface area contributed by atoms with Gasteiger partial charge in [0.05, 0.1) is 17.5 Å². The average Bonchev–Trinajstić information content (AvgIpc) is 2.75. The number of allylic oxidation sites excluding steroid dienone is 1. The Kier molecular flexibility index (Phi) is 4.69. The van der Waals surface area contributed by atoms with E-state index >= 15 is 0 Å². The first-order valence-corrected chi connectivity index (χ1v) is 5.67. The molecule has 0 spiro atoms. The lowest BCUT2D eigenvalue weighted by Crippen LogP contribution is -2.27. The van der Waals surface area contributed by atoms with E-state index in [1.807, 2.05) is 13.0 Å². The predicted octanol–water partition coefficient (Wildman–Crippen LogP) is 1.94. The first-order valence-electron chi connectivity index (χ1n) is 5.67. The van der Waals surface area contributed by atoms with Crippen LogP contribution < -0.4 is 5.43 Å². The molecule has 0 aromatic rings. The van der Waals surface area contributed by atoms with Gasteiger partial charge in [-0.3, -0.25) is 10.4 Å².